The van der Waals surface area contributed by atoms with Crippen LogP contribution in [-0.2, 0) is 0 Å². The van der Waals surface area contributed by atoms with E-state index in [9.17, 15) is 4.39 Å². The molecule has 104 valence electrons. The second-order valence-electron chi connectivity index (χ2n) is 4.38. The maximum Gasteiger partial charge on any atom is 0.235 e. The first kappa shape index (κ1) is 12.2. The number of aromatic nitrogens is 5. The molecule has 0 aromatic carbocycles. The topological polar surface area (TPSA) is 69.1 Å². The summed E-state index contributed by atoms with van der Waals surface area (Å²) in [6.45, 7) is 1.85. The lowest BCUT2D eigenvalue weighted by atomic mass is 10.2. The molecule has 0 aliphatic carbocycles. The van der Waals surface area contributed by atoms with Crippen LogP contribution in [0.25, 0.3) is 26.9 Å². The Hall–Kier alpha value is -2.61. The molecule has 0 aliphatic rings. The minimum absolute atomic E-state index is 0.538. The fourth-order valence-corrected chi connectivity index (χ4v) is 2.89. The Kier molecular flexibility index (Phi) is 2.58. The molecular formula is C13H8FN5OS. The van der Waals surface area contributed by atoms with Crippen LogP contribution in [0.3, 0.4) is 0 Å². The van der Waals surface area contributed by atoms with Gasteiger partial charge in [-0.2, -0.15) is 14.0 Å². The highest BCUT2D eigenvalue weighted by Crippen LogP contribution is 2.29. The van der Waals surface area contributed by atoms with Crippen LogP contribution in [0.15, 0.2) is 35.1 Å². The number of pyridine rings is 1. The zero-order chi connectivity index (χ0) is 14.4. The fraction of sp³-hybridized carbons (Fsp3) is 0.0769. The fourth-order valence-electron chi connectivity index (χ4n) is 2.05. The van der Waals surface area contributed by atoms with Gasteiger partial charge in [0.25, 0.3) is 0 Å². The van der Waals surface area contributed by atoms with Crippen LogP contribution in [0.1, 0.15) is 5.76 Å². The molecular weight excluding hydrogens is 293 g/mol. The van der Waals surface area contributed by atoms with Gasteiger partial charge in [-0.25, -0.2) is 4.98 Å². The molecule has 0 fully saturated rings. The van der Waals surface area contributed by atoms with Gasteiger partial charge in [-0.15, -0.1) is 10.2 Å². The highest BCUT2D eigenvalue weighted by molar-refractivity contribution is 7.19. The van der Waals surface area contributed by atoms with Crippen molar-refractivity contribution >= 4 is 16.3 Å². The largest absolute Gasteiger partial charge is 0.469 e. The molecule has 0 atom stereocenters. The molecule has 0 saturated heterocycles. The summed E-state index contributed by atoms with van der Waals surface area (Å²) in [5, 5.41) is 13.3. The molecule has 0 radical (unpaired) electrons. The quantitative estimate of drug-likeness (QED) is 0.532. The summed E-state index contributed by atoms with van der Waals surface area (Å²) >= 11 is 1.34. The maximum absolute atomic E-state index is 13.2. The molecule has 0 bridgehead atoms. The summed E-state index contributed by atoms with van der Waals surface area (Å²) < 4.78 is 20.1. The van der Waals surface area contributed by atoms with E-state index in [1.54, 1.807) is 16.8 Å². The molecule has 21 heavy (non-hydrogen) atoms. The third-order valence-corrected chi connectivity index (χ3v) is 4.01. The van der Waals surface area contributed by atoms with E-state index < -0.39 is 5.95 Å². The monoisotopic (exact) mass is 301 g/mol. The summed E-state index contributed by atoms with van der Waals surface area (Å²) in [6.07, 6.45) is 3.01. The molecule has 6 nitrogen and oxygen atoms in total. The van der Waals surface area contributed by atoms with Crippen LogP contribution in [0.2, 0.25) is 0 Å². The van der Waals surface area contributed by atoms with Crippen molar-refractivity contribution in [1.82, 2.24) is 24.8 Å². The molecule has 0 aliphatic heterocycles. The van der Waals surface area contributed by atoms with Gasteiger partial charge in [0.15, 0.2) is 5.82 Å². The predicted molar refractivity (Wildman–Crippen MR) is 74.3 cm³/mol. The maximum atomic E-state index is 13.2. The minimum atomic E-state index is -0.538. The van der Waals surface area contributed by atoms with E-state index >= 15 is 0 Å². The highest BCUT2D eigenvalue weighted by atomic mass is 32.1. The van der Waals surface area contributed by atoms with Crippen LogP contribution >= 0.6 is 11.3 Å². The molecule has 0 spiro atoms. The summed E-state index contributed by atoms with van der Waals surface area (Å²) in [5.41, 5.74) is 1.49. The van der Waals surface area contributed by atoms with Crippen molar-refractivity contribution in [3.63, 3.8) is 0 Å². The van der Waals surface area contributed by atoms with Crippen molar-refractivity contribution in [1.29, 1.82) is 0 Å². The van der Waals surface area contributed by atoms with Crippen molar-refractivity contribution in [2.75, 3.05) is 0 Å². The summed E-state index contributed by atoms with van der Waals surface area (Å²) in [5.74, 6) is 0.812. The van der Waals surface area contributed by atoms with Crippen molar-refractivity contribution in [2.24, 2.45) is 0 Å². The standard InChI is InChI=1S/C13H8FN5OS/c1-7-9(3-5-20-7)11-16-17-13-19(11)18-12(21-13)8-2-4-15-10(14)6-8/h2-6H,1H3. The Labute approximate surface area is 121 Å². The third kappa shape index (κ3) is 1.91. The van der Waals surface area contributed by atoms with Gasteiger partial charge in [0.1, 0.15) is 10.8 Å². The molecule has 4 heterocycles. The van der Waals surface area contributed by atoms with E-state index in [2.05, 4.69) is 20.3 Å². The van der Waals surface area contributed by atoms with E-state index in [4.69, 9.17) is 4.42 Å². The lowest BCUT2D eigenvalue weighted by molar-refractivity contribution is 0.535. The first-order valence-electron chi connectivity index (χ1n) is 6.11. The molecule has 8 heteroatoms. The van der Waals surface area contributed by atoms with Crippen molar-refractivity contribution in [2.45, 2.75) is 6.92 Å². The molecule has 0 unspecified atom stereocenters. The third-order valence-electron chi connectivity index (χ3n) is 3.06. The van der Waals surface area contributed by atoms with Gasteiger partial charge in [-0.1, -0.05) is 11.3 Å². The van der Waals surface area contributed by atoms with E-state index in [0.717, 1.165) is 11.3 Å². The molecule has 0 saturated carbocycles. The van der Waals surface area contributed by atoms with Gasteiger partial charge < -0.3 is 4.42 Å². The number of hydrogen-bond acceptors (Lipinski definition) is 6. The van der Waals surface area contributed by atoms with Crippen LogP contribution in [0.5, 0.6) is 0 Å². The lowest BCUT2D eigenvalue weighted by Crippen LogP contribution is -1.91. The molecule has 4 rings (SSSR count). The first-order chi connectivity index (χ1) is 10.2. The summed E-state index contributed by atoms with van der Waals surface area (Å²) in [4.78, 5) is 4.18. The Balaban J connectivity index is 1.88. The van der Waals surface area contributed by atoms with Crippen LogP contribution in [0, 0.1) is 12.9 Å². The Bertz CT molecular complexity index is 941. The predicted octanol–water partition coefficient (Wildman–Crippen LogP) is 2.96. The van der Waals surface area contributed by atoms with Gasteiger partial charge in [0, 0.05) is 17.8 Å². The van der Waals surface area contributed by atoms with Gasteiger partial charge in [0.05, 0.1) is 11.8 Å². The molecule has 0 amide bonds. The highest BCUT2D eigenvalue weighted by Gasteiger charge is 2.17. The number of fused-ring (bicyclic) bond motifs is 1. The minimum Gasteiger partial charge on any atom is -0.469 e. The van der Waals surface area contributed by atoms with E-state index in [1.165, 1.54) is 23.6 Å². The number of nitrogens with zero attached hydrogens (tertiary/aromatic N) is 5. The van der Waals surface area contributed by atoms with E-state index in [0.29, 0.717) is 21.4 Å². The summed E-state index contributed by atoms with van der Waals surface area (Å²) in [7, 11) is 0. The second-order valence-corrected chi connectivity index (χ2v) is 5.34. The zero-order valence-corrected chi connectivity index (χ0v) is 11.6. The van der Waals surface area contributed by atoms with Gasteiger partial charge in [-0.3, -0.25) is 0 Å². The Morgan fingerprint density at radius 2 is 2.19 bits per heavy atom. The van der Waals surface area contributed by atoms with E-state index in [-0.39, 0.29) is 0 Å². The molecule has 4 aromatic rings. The second kappa shape index (κ2) is 4.45. The Morgan fingerprint density at radius 3 is 2.95 bits per heavy atom. The zero-order valence-electron chi connectivity index (χ0n) is 10.8. The van der Waals surface area contributed by atoms with Gasteiger partial charge in [-0.05, 0) is 19.1 Å². The first-order valence-corrected chi connectivity index (χ1v) is 6.92. The van der Waals surface area contributed by atoms with Crippen molar-refractivity contribution < 1.29 is 8.81 Å². The molecule has 4 aromatic heterocycles. The average Bonchev–Trinajstić information content (AvgIpc) is 3.13. The average molecular weight is 301 g/mol. The number of halogens is 1. The van der Waals surface area contributed by atoms with Gasteiger partial charge in [0.2, 0.25) is 10.9 Å². The number of furan rings is 1. The van der Waals surface area contributed by atoms with Crippen LogP contribution < -0.4 is 0 Å². The summed E-state index contributed by atoms with van der Waals surface area (Å²) in [6, 6.07) is 4.86. The van der Waals surface area contributed by atoms with E-state index in [1.807, 2.05) is 13.0 Å². The van der Waals surface area contributed by atoms with Crippen molar-refractivity contribution in [3.8, 4) is 22.0 Å². The lowest BCUT2D eigenvalue weighted by Gasteiger charge is -1.95. The molecule has 0 N–H and O–H groups in total. The normalized spacial score (nSPS) is 11.3. The number of rotatable bonds is 2. The van der Waals surface area contributed by atoms with Crippen LogP contribution in [0.4, 0.5) is 4.39 Å². The number of aryl methyl sites for hydroxylation is 1. The van der Waals surface area contributed by atoms with Crippen molar-refractivity contribution in [3.05, 3.63) is 42.4 Å². The van der Waals surface area contributed by atoms with Crippen LogP contribution in [-0.4, -0.2) is 24.8 Å². The SMILES string of the molecule is Cc1occc1-c1nnc2sc(-c3ccnc(F)c3)nn12. The number of hydrogen-bond donors (Lipinski definition) is 0. The van der Waals surface area contributed by atoms with Gasteiger partial charge >= 0.3 is 0 Å². The Morgan fingerprint density at radius 1 is 1.29 bits per heavy atom. The smallest absolute Gasteiger partial charge is 0.235 e.